The van der Waals surface area contributed by atoms with Gasteiger partial charge in [-0.25, -0.2) is 9.82 Å². The number of amides is 1. The van der Waals surface area contributed by atoms with Crippen LogP contribution in [0.4, 0.5) is 4.39 Å². The van der Waals surface area contributed by atoms with Gasteiger partial charge in [0.2, 0.25) is 0 Å². The molecule has 1 aromatic heterocycles. The van der Waals surface area contributed by atoms with Gasteiger partial charge in [-0.2, -0.15) is 5.10 Å². The SMILES string of the molecule is Cc1ccc(/C=N\NC(=O)c2[nH]c3ccc(F)cc3c2-c2ccccc2)cc1. The molecule has 0 atom stereocenters. The highest BCUT2D eigenvalue weighted by Gasteiger charge is 2.19. The summed E-state index contributed by atoms with van der Waals surface area (Å²) in [5.41, 5.74) is 7.09. The number of hydrazone groups is 1. The summed E-state index contributed by atoms with van der Waals surface area (Å²) in [6, 6.07) is 21.7. The molecular weight excluding hydrogens is 353 g/mol. The Morgan fingerprint density at radius 2 is 1.79 bits per heavy atom. The van der Waals surface area contributed by atoms with Crippen molar-refractivity contribution >= 4 is 23.0 Å². The van der Waals surface area contributed by atoms with Crippen molar-refractivity contribution < 1.29 is 9.18 Å². The molecule has 4 rings (SSSR count). The van der Waals surface area contributed by atoms with Crippen molar-refractivity contribution in [3.8, 4) is 11.1 Å². The first kappa shape index (κ1) is 17.7. The summed E-state index contributed by atoms with van der Waals surface area (Å²) in [6.07, 6.45) is 1.59. The molecule has 0 aliphatic rings. The molecule has 0 radical (unpaired) electrons. The molecule has 5 heteroatoms. The molecule has 138 valence electrons. The maximum absolute atomic E-state index is 13.8. The van der Waals surface area contributed by atoms with Crippen molar-refractivity contribution in [2.75, 3.05) is 0 Å². The van der Waals surface area contributed by atoms with Gasteiger partial charge < -0.3 is 4.98 Å². The van der Waals surface area contributed by atoms with Gasteiger partial charge in [-0.3, -0.25) is 4.79 Å². The van der Waals surface area contributed by atoms with Crippen molar-refractivity contribution in [3.63, 3.8) is 0 Å². The Kier molecular flexibility index (Phi) is 4.72. The average Bonchev–Trinajstić information content (AvgIpc) is 3.09. The molecule has 0 fully saturated rings. The highest BCUT2D eigenvalue weighted by molar-refractivity contribution is 6.09. The number of halogens is 1. The number of benzene rings is 3. The van der Waals surface area contributed by atoms with Gasteiger partial charge in [0.15, 0.2) is 0 Å². The average molecular weight is 371 g/mol. The Bertz CT molecular complexity index is 1160. The van der Waals surface area contributed by atoms with Crippen molar-refractivity contribution in [2.24, 2.45) is 5.10 Å². The monoisotopic (exact) mass is 371 g/mol. The number of carbonyl (C=O) groups is 1. The van der Waals surface area contributed by atoms with Crippen LogP contribution in [0.15, 0.2) is 77.9 Å². The fourth-order valence-electron chi connectivity index (χ4n) is 3.11. The molecule has 0 aliphatic carbocycles. The van der Waals surface area contributed by atoms with Crippen LogP contribution in [-0.4, -0.2) is 17.1 Å². The number of carbonyl (C=O) groups excluding carboxylic acids is 1. The van der Waals surface area contributed by atoms with Crippen LogP contribution in [0.5, 0.6) is 0 Å². The lowest BCUT2D eigenvalue weighted by molar-refractivity contribution is 0.0951. The van der Waals surface area contributed by atoms with E-state index in [0.29, 0.717) is 22.2 Å². The third-order valence-corrected chi connectivity index (χ3v) is 4.51. The van der Waals surface area contributed by atoms with Gasteiger partial charge in [0, 0.05) is 16.5 Å². The van der Waals surface area contributed by atoms with E-state index < -0.39 is 0 Å². The minimum Gasteiger partial charge on any atom is -0.350 e. The van der Waals surface area contributed by atoms with Crippen LogP contribution >= 0.6 is 0 Å². The zero-order valence-electron chi connectivity index (χ0n) is 15.2. The van der Waals surface area contributed by atoms with E-state index in [1.54, 1.807) is 12.3 Å². The zero-order chi connectivity index (χ0) is 19.5. The van der Waals surface area contributed by atoms with E-state index >= 15 is 0 Å². The molecule has 0 bridgehead atoms. The fraction of sp³-hybridized carbons (Fsp3) is 0.0435. The summed E-state index contributed by atoms with van der Waals surface area (Å²) in [7, 11) is 0. The number of hydrogen-bond donors (Lipinski definition) is 2. The van der Waals surface area contributed by atoms with E-state index in [9.17, 15) is 9.18 Å². The number of aryl methyl sites for hydroxylation is 1. The van der Waals surface area contributed by atoms with Gasteiger partial charge in [-0.1, -0.05) is 60.2 Å². The Hall–Kier alpha value is -3.73. The van der Waals surface area contributed by atoms with Crippen molar-refractivity contribution in [2.45, 2.75) is 6.92 Å². The number of aromatic amines is 1. The van der Waals surface area contributed by atoms with Gasteiger partial charge in [-0.05, 0) is 36.2 Å². The second-order valence-corrected chi connectivity index (χ2v) is 6.54. The number of nitrogens with one attached hydrogen (secondary N) is 2. The highest BCUT2D eigenvalue weighted by atomic mass is 19.1. The molecule has 0 saturated heterocycles. The molecular formula is C23H18FN3O. The van der Waals surface area contributed by atoms with Gasteiger partial charge in [-0.15, -0.1) is 0 Å². The lowest BCUT2D eigenvalue weighted by Gasteiger charge is -2.04. The van der Waals surface area contributed by atoms with Crippen molar-refractivity contribution in [1.82, 2.24) is 10.4 Å². The summed E-state index contributed by atoms with van der Waals surface area (Å²) in [5, 5.41) is 4.70. The Morgan fingerprint density at radius 3 is 2.54 bits per heavy atom. The lowest BCUT2D eigenvalue weighted by Crippen LogP contribution is -2.18. The number of H-pyrrole nitrogens is 1. The summed E-state index contributed by atoms with van der Waals surface area (Å²) >= 11 is 0. The maximum Gasteiger partial charge on any atom is 0.288 e. The summed E-state index contributed by atoms with van der Waals surface area (Å²) < 4.78 is 13.8. The van der Waals surface area contributed by atoms with Crippen LogP contribution in [0.3, 0.4) is 0 Å². The molecule has 4 aromatic rings. The van der Waals surface area contributed by atoms with Crippen LogP contribution in [0.2, 0.25) is 0 Å². The number of fused-ring (bicyclic) bond motifs is 1. The molecule has 0 saturated carbocycles. The Morgan fingerprint density at radius 1 is 1.04 bits per heavy atom. The van der Waals surface area contributed by atoms with E-state index in [1.165, 1.54) is 12.1 Å². The van der Waals surface area contributed by atoms with E-state index in [4.69, 9.17) is 0 Å². The van der Waals surface area contributed by atoms with Crippen LogP contribution in [0.1, 0.15) is 21.6 Å². The highest BCUT2D eigenvalue weighted by Crippen LogP contribution is 2.32. The summed E-state index contributed by atoms with van der Waals surface area (Å²) in [5.74, 6) is -0.744. The smallest absolute Gasteiger partial charge is 0.288 e. The predicted octanol–water partition coefficient (Wildman–Crippen LogP) is 5.05. The molecule has 3 aromatic carbocycles. The number of nitrogens with zero attached hydrogens (tertiary/aromatic N) is 1. The van der Waals surface area contributed by atoms with Gasteiger partial charge in [0.1, 0.15) is 11.5 Å². The predicted molar refractivity (Wildman–Crippen MR) is 110 cm³/mol. The van der Waals surface area contributed by atoms with Crippen LogP contribution < -0.4 is 5.43 Å². The standard InChI is InChI=1S/C23H18FN3O/c1-15-7-9-16(10-8-15)14-25-27-23(28)22-21(17-5-3-2-4-6-17)19-13-18(24)11-12-20(19)26-22/h2-14,26H,1H3,(H,27,28)/b25-14-. The lowest BCUT2D eigenvalue weighted by atomic mass is 10.0. The van der Waals surface area contributed by atoms with E-state index in [2.05, 4.69) is 15.5 Å². The molecule has 0 unspecified atom stereocenters. The van der Waals surface area contributed by atoms with E-state index in [-0.39, 0.29) is 11.7 Å². The minimum absolute atomic E-state index is 0.341. The topological polar surface area (TPSA) is 57.2 Å². The second kappa shape index (κ2) is 7.48. The quantitative estimate of drug-likeness (QED) is 0.383. The molecule has 1 amide bonds. The number of hydrogen-bond acceptors (Lipinski definition) is 2. The summed E-state index contributed by atoms with van der Waals surface area (Å²) in [4.78, 5) is 15.9. The third-order valence-electron chi connectivity index (χ3n) is 4.51. The molecule has 4 nitrogen and oxygen atoms in total. The zero-order valence-corrected chi connectivity index (χ0v) is 15.2. The van der Waals surface area contributed by atoms with Crippen molar-refractivity contribution in [1.29, 1.82) is 0 Å². The van der Waals surface area contributed by atoms with E-state index in [0.717, 1.165) is 16.7 Å². The van der Waals surface area contributed by atoms with Crippen LogP contribution in [0.25, 0.3) is 22.0 Å². The Labute approximate surface area is 161 Å². The summed E-state index contributed by atoms with van der Waals surface area (Å²) in [6.45, 7) is 2.01. The minimum atomic E-state index is -0.390. The molecule has 0 aliphatic heterocycles. The largest absolute Gasteiger partial charge is 0.350 e. The first-order valence-corrected chi connectivity index (χ1v) is 8.88. The Balaban J connectivity index is 1.69. The normalized spacial score (nSPS) is 11.2. The van der Waals surface area contributed by atoms with Gasteiger partial charge in [0.05, 0.1) is 6.21 Å². The van der Waals surface area contributed by atoms with E-state index in [1.807, 2.05) is 61.5 Å². The number of aromatic nitrogens is 1. The third kappa shape index (κ3) is 3.55. The molecule has 1 heterocycles. The molecule has 2 N–H and O–H groups in total. The van der Waals surface area contributed by atoms with Crippen LogP contribution in [0, 0.1) is 12.7 Å². The molecule has 28 heavy (non-hydrogen) atoms. The first-order chi connectivity index (χ1) is 13.6. The van der Waals surface area contributed by atoms with Crippen LogP contribution in [-0.2, 0) is 0 Å². The fourth-order valence-corrected chi connectivity index (χ4v) is 3.11. The van der Waals surface area contributed by atoms with Gasteiger partial charge >= 0.3 is 0 Å². The number of rotatable bonds is 4. The van der Waals surface area contributed by atoms with Gasteiger partial charge in [0.25, 0.3) is 5.91 Å². The maximum atomic E-state index is 13.8. The molecule has 0 spiro atoms. The first-order valence-electron chi connectivity index (χ1n) is 8.88. The second-order valence-electron chi connectivity index (χ2n) is 6.54. The van der Waals surface area contributed by atoms with Crippen molar-refractivity contribution in [3.05, 3.63) is 95.4 Å².